The first kappa shape index (κ1) is 22.2. The summed E-state index contributed by atoms with van der Waals surface area (Å²) in [6.07, 6.45) is 3.94. The highest BCUT2D eigenvalue weighted by atomic mass is 32.1. The molecule has 1 amide bonds. The number of nitrogens with zero attached hydrogens (tertiary/aromatic N) is 5. The largest absolute Gasteiger partial charge is 0.488 e. The lowest BCUT2D eigenvalue weighted by atomic mass is 9.83. The van der Waals surface area contributed by atoms with E-state index >= 15 is 0 Å². The van der Waals surface area contributed by atoms with Crippen LogP contribution in [0.1, 0.15) is 40.0 Å². The number of thiazole rings is 1. The highest BCUT2D eigenvalue weighted by molar-refractivity contribution is 7.13. The number of hydrogen-bond donors (Lipinski definition) is 0. The van der Waals surface area contributed by atoms with Crippen molar-refractivity contribution in [2.75, 3.05) is 18.0 Å². The monoisotopic (exact) mass is 493 g/mol. The van der Waals surface area contributed by atoms with Crippen LogP contribution < -0.4 is 9.64 Å². The molecule has 1 aromatic carbocycles. The number of anilines is 1. The number of piperidine rings is 1. The van der Waals surface area contributed by atoms with E-state index in [0.29, 0.717) is 36.0 Å². The Labute approximate surface area is 207 Å². The van der Waals surface area contributed by atoms with Crippen molar-refractivity contribution in [3.8, 4) is 22.4 Å². The fourth-order valence-electron chi connectivity index (χ4n) is 5.05. The zero-order chi connectivity index (χ0) is 24.3. The van der Waals surface area contributed by atoms with E-state index in [1.54, 1.807) is 17.5 Å². The van der Waals surface area contributed by atoms with E-state index in [9.17, 15) is 4.79 Å². The highest BCUT2D eigenvalue weighted by Crippen LogP contribution is 2.42. The molecule has 7 rings (SSSR count). The minimum atomic E-state index is -0.517. The van der Waals surface area contributed by atoms with Crippen molar-refractivity contribution in [3.05, 3.63) is 23.7 Å². The molecule has 4 aliphatic rings. The molecular formula is C25H27N5O4S. The maximum absolute atomic E-state index is 12.6. The van der Waals surface area contributed by atoms with Gasteiger partial charge < -0.3 is 18.8 Å². The molecule has 4 fully saturated rings. The third-order valence-electron chi connectivity index (χ3n) is 6.80. The smallest absolute Gasteiger partial charge is 0.410 e. The molecule has 2 unspecified atom stereocenters. The molecule has 0 spiro atoms. The van der Waals surface area contributed by atoms with Crippen molar-refractivity contribution in [2.24, 2.45) is 5.92 Å². The maximum atomic E-state index is 12.6. The summed E-state index contributed by atoms with van der Waals surface area (Å²) in [7, 11) is 0. The molecule has 3 aromatic rings. The number of carbonyl (C=O) groups excluding carboxylic acids is 1. The van der Waals surface area contributed by atoms with Gasteiger partial charge in [0.1, 0.15) is 22.5 Å². The van der Waals surface area contributed by atoms with Crippen molar-refractivity contribution in [3.63, 3.8) is 0 Å². The van der Waals surface area contributed by atoms with Crippen LogP contribution in [0.5, 0.6) is 5.75 Å². The molecular weight excluding hydrogens is 466 g/mol. The SMILES string of the molecule is CC(C)(C)OC(=O)N1C2CC1CN(c1nc3c(OC4CC(C#N)C4)ccc(-c4nccs4)c3o1)C2. The number of rotatable bonds is 4. The van der Waals surface area contributed by atoms with E-state index in [2.05, 4.69) is 16.0 Å². The molecule has 35 heavy (non-hydrogen) atoms. The van der Waals surface area contributed by atoms with Crippen LogP contribution in [-0.4, -0.2) is 57.8 Å². The topological polar surface area (TPSA) is 105 Å². The van der Waals surface area contributed by atoms with Gasteiger partial charge in [-0.1, -0.05) is 0 Å². The summed E-state index contributed by atoms with van der Waals surface area (Å²) in [6, 6.07) is 6.85. The summed E-state index contributed by atoms with van der Waals surface area (Å²) in [5.74, 6) is 0.722. The fraction of sp³-hybridized carbons (Fsp3) is 0.520. The van der Waals surface area contributed by atoms with Crippen LogP contribution in [0.4, 0.5) is 10.8 Å². The minimum absolute atomic E-state index is 0.0127. The van der Waals surface area contributed by atoms with Crippen LogP contribution in [0.2, 0.25) is 0 Å². The van der Waals surface area contributed by atoms with Crippen molar-refractivity contribution >= 4 is 34.5 Å². The molecule has 3 aliphatic heterocycles. The van der Waals surface area contributed by atoms with Gasteiger partial charge in [0.25, 0.3) is 6.01 Å². The maximum Gasteiger partial charge on any atom is 0.410 e. The zero-order valence-corrected chi connectivity index (χ0v) is 20.7. The van der Waals surface area contributed by atoms with Crippen molar-refractivity contribution < 1.29 is 18.7 Å². The van der Waals surface area contributed by atoms with Gasteiger partial charge in [-0.15, -0.1) is 11.3 Å². The average Bonchev–Trinajstić information content (AvgIpc) is 3.45. The summed E-state index contributed by atoms with van der Waals surface area (Å²) < 4.78 is 18.1. The lowest BCUT2D eigenvalue weighted by molar-refractivity contribution is -0.0386. The highest BCUT2D eigenvalue weighted by Gasteiger charge is 2.49. The van der Waals surface area contributed by atoms with E-state index < -0.39 is 5.60 Å². The second kappa shape index (κ2) is 8.12. The summed E-state index contributed by atoms with van der Waals surface area (Å²) in [4.78, 5) is 25.9. The number of ether oxygens (including phenoxy) is 2. The minimum Gasteiger partial charge on any atom is -0.488 e. The first-order valence-corrected chi connectivity index (χ1v) is 12.8. The van der Waals surface area contributed by atoms with Crippen LogP contribution in [0.25, 0.3) is 21.7 Å². The number of fused-ring (bicyclic) bond motifs is 3. The van der Waals surface area contributed by atoms with Gasteiger partial charge in [0.2, 0.25) is 0 Å². The molecule has 3 saturated heterocycles. The van der Waals surface area contributed by atoms with E-state index in [4.69, 9.17) is 24.1 Å². The molecule has 9 nitrogen and oxygen atoms in total. The lowest BCUT2D eigenvalue weighted by Crippen LogP contribution is -2.70. The predicted molar refractivity (Wildman–Crippen MR) is 130 cm³/mol. The first-order chi connectivity index (χ1) is 16.8. The molecule has 2 aromatic heterocycles. The molecule has 2 atom stereocenters. The second-order valence-electron chi connectivity index (χ2n) is 10.5. The van der Waals surface area contributed by atoms with Gasteiger partial charge in [-0.05, 0) is 39.3 Å². The van der Waals surface area contributed by atoms with Gasteiger partial charge in [0, 0.05) is 37.5 Å². The molecule has 1 aliphatic carbocycles. The number of carbonyl (C=O) groups is 1. The summed E-state index contributed by atoms with van der Waals surface area (Å²) in [5.41, 5.74) is 1.67. The van der Waals surface area contributed by atoms with Crippen LogP contribution in [0, 0.1) is 17.2 Å². The van der Waals surface area contributed by atoms with Crippen molar-refractivity contribution in [1.29, 1.82) is 5.26 Å². The number of hydrogen-bond acceptors (Lipinski definition) is 9. The number of nitriles is 1. The van der Waals surface area contributed by atoms with Gasteiger partial charge in [-0.3, -0.25) is 4.90 Å². The standard InChI is InChI=1S/C25H27N5O4S/c1-25(2,3)34-24(31)30-15-10-16(30)13-29(12-15)23-28-20-19(32-17-8-14(9-17)11-26)5-4-18(21(20)33-23)22-27-6-7-35-22/h4-7,14-17H,8-10,12-13H2,1-3H3. The van der Waals surface area contributed by atoms with E-state index in [0.717, 1.165) is 29.8 Å². The summed E-state index contributed by atoms with van der Waals surface area (Å²) in [5, 5.41) is 11.9. The summed E-state index contributed by atoms with van der Waals surface area (Å²) in [6.45, 7) is 6.92. The molecule has 0 radical (unpaired) electrons. The van der Waals surface area contributed by atoms with E-state index in [1.165, 1.54) is 0 Å². The van der Waals surface area contributed by atoms with Crippen LogP contribution in [0.3, 0.4) is 0 Å². The normalized spacial score (nSPS) is 25.5. The van der Waals surface area contributed by atoms with Gasteiger partial charge in [-0.2, -0.15) is 10.2 Å². The Balaban J connectivity index is 1.27. The second-order valence-corrected chi connectivity index (χ2v) is 11.4. The number of benzene rings is 1. The van der Waals surface area contributed by atoms with E-state index in [1.807, 2.05) is 43.2 Å². The number of aromatic nitrogens is 2. The van der Waals surface area contributed by atoms with Crippen molar-refractivity contribution in [1.82, 2.24) is 14.9 Å². The summed E-state index contributed by atoms with van der Waals surface area (Å²) >= 11 is 1.54. The molecule has 5 heterocycles. The van der Waals surface area contributed by atoms with Crippen LogP contribution >= 0.6 is 11.3 Å². The molecule has 1 saturated carbocycles. The number of piperazine rings is 1. The number of oxazole rings is 1. The first-order valence-electron chi connectivity index (χ1n) is 11.9. The lowest BCUT2D eigenvalue weighted by Gasteiger charge is -2.55. The Bertz CT molecular complexity index is 1290. The molecule has 0 N–H and O–H groups in total. The Hall–Kier alpha value is -3.32. The van der Waals surface area contributed by atoms with Crippen molar-refractivity contribution in [2.45, 2.75) is 63.8 Å². The Kier molecular flexibility index (Phi) is 5.14. The van der Waals surface area contributed by atoms with Crippen LogP contribution in [-0.2, 0) is 4.74 Å². The third-order valence-corrected chi connectivity index (χ3v) is 7.60. The molecule has 2 bridgehead atoms. The van der Waals surface area contributed by atoms with Crippen LogP contribution in [0.15, 0.2) is 28.1 Å². The molecule has 10 heteroatoms. The number of amides is 1. The third kappa shape index (κ3) is 3.97. The van der Waals surface area contributed by atoms with E-state index in [-0.39, 0.29) is 30.2 Å². The average molecular weight is 494 g/mol. The molecule has 182 valence electrons. The Morgan fingerprint density at radius 1 is 1.23 bits per heavy atom. The predicted octanol–water partition coefficient (Wildman–Crippen LogP) is 4.83. The van der Waals surface area contributed by atoms with Gasteiger partial charge in [0.15, 0.2) is 11.1 Å². The fourth-order valence-corrected chi connectivity index (χ4v) is 5.71. The Morgan fingerprint density at radius 2 is 2.00 bits per heavy atom. The Morgan fingerprint density at radius 3 is 2.66 bits per heavy atom. The zero-order valence-electron chi connectivity index (χ0n) is 19.9. The van der Waals surface area contributed by atoms with Gasteiger partial charge in [0.05, 0.1) is 29.6 Å². The van der Waals surface area contributed by atoms with Gasteiger partial charge in [-0.25, -0.2) is 9.78 Å². The van der Waals surface area contributed by atoms with Gasteiger partial charge >= 0.3 is 6.09 Å². The quantitative estimate of drug-likeness (QED) is 0.509.